The second kappa shape index (κ2) is 14.1. The van der Waals surface area contributed by atoms with E-state index in [2.05, 4.69) is 6.92 Å². The zero-order valence-electron chi connectivity index (χ0n) is 18.6. The van der Waals surface area contributed by atoms with Crippen molar-refractivity contribution in [2.45, 2.75) is 93.4 Å². The molecule has 1 aromatic carbocycles. The second-order valence-electron chi connectivity index (χ2n) is 7.95. The fourth-order valence-electron chi connectivity index (χ4n) is 3.35. The summed E-state index contributed by atoms with van der Waals surface area (Å²) in [5.74, 6) is -0.797. The van der Waals surface area contributed by atoms with Gasteiger partial charge in [0.15, 0.2) is 5.75 Å². The van der Waals surface area contributed by atoms with Gasteiger partial charge in [0.25, 0.3) is 20.2 Å². The first kappa shape index (κ1) is 28.8. The number of benzene rings is 1. The van der Waals surface area contributed by atoms with Gasteiger partial charge in [-0.15, -0.1) is 0 Å². The molecule has 0 saturated heterocycles. The molecular weight excluding hydrogens is 460 g/mol. The highest BCUT2D eigenvalue weighted by Crippen LogP contribution is 2.34. The summed E-state index contributed by atoms with van der Waals surface area (Å²) in [7, 11) is -9.78. The standard InChI is InChI=1S/C21H36O9S2/c1-2-3-4-5-6-7-8-9-10-11-12-17-13-19(31(24,25)26)21(30-16-18(23)15-22)20(14-17)32(27,28)29/h13-14,18,22-23H,2-12,15-16H2,1H3,(H,24,25,26)(H,27,28,29). The highest BCUT2D eigenvalue weighted by Gasteiger charge is 2.28. The van der Waals surface area contributed by atoms with Crippen molar-refractivity contribution >= 4 is 20.2 Å². The molecule has 32 heavy (non-hydrogen) atoms. The van der Waals surface area contributed by atoms with Crippen molar-refractivity contribution in [3.8, 4) is 5.75 Å². The van der Waals surface area contributed by atoms with Crippen molar-refractivity contribution in [2.24, 2.45) is 0 Å². The van der Waals surface area contributed by atoms with Crippen LogP contribution in [0.5, 0.6) is 5.75 Å². The summed E-state index contributed by atoms with van der Waals surface area (Å²) < 4.78 is 71.5. The van der Waals surface area contributed by atoms with Crippen LogP contribution in [0, 0.1) is 0 Å². The summed E-state index contributed by atoms with van der Waals surface area (Å²) in [5.41, 5.74) is 0.305. The molecule has 0 fully saturated rings. The number of aryl methyl sites for hydroxylation is 1. The van der Waals surface area contributed by atoms with Crippen LogP contribution < -0.4 is 4.74 Å². The highest BCUT2D eigenvalue weighted by molar-refractivity contribution is 7.86. The van der Waals surface area contributed by atoms with Crippen molar-refractivity contribution in [3.05, 3.63) is 17.7 Å². The molecule has 1 atom stereocenters. The lowest BCUT2D eigenvalue weighted by molar-refractivity contribution is 0.0515. The highest BCUT2D eigenvalue weighted by atomic mass is 32.2. The van der Waals surface area contributed by atoms with Crippen LogP contribution in [0.2, 0.25) is 0 Å². The number of hydrogen-bond acceptors (Lipinski definition) is 7. The monoisotopic (exact) mass is 496 g/mol. The van der Waals surface area contributed by atoms with Crippen molar-refractivity contribution in [1.82, 2.24) is 0 Å². The molecule has 1 aromatic rings. The zero-order valence-corrected chi connectivity index (χ0v) is 20.2. The summed E-state index contributed by atoms with van der Waals surface area (Å²) >= 11 is 0. The molecule has 11 heteroatoms. The minimum atomic E-state index is -4.89. The minimum absolute atomic E-state index is 0.305. The Kier molecular flexibility index (Phi) is 12.7. The van der Waals surface area contributed by atoms with Gasteiger partial charge in [0.1, 0.15) is 22.5 Å². The summed E-state index contributed by atoms with van der Waals surface area (Å²) in [4.78, 5) is -1.64. The van der Waals surface area contributed by atoms with E-state index in [0.29, 0.717) is 18.4 Å². The Labute approximate surface area is 191 Å². The van der Waals surface area contributed by atoms with Gasteiger partial charge in [0.2, 0.25) is 0 Å². The van der Waals surface area contributed by atoms with Gasteiger partial charge in [-0.2, -0.15) is 16.8 Å². The molecule has 186 valence electrons. The molecule has 0 aliphatic rings. The zero-order chi connectivity index (χ0) is 24.2. The van der Waals surface area contributed by atoms with E-state index < -0.39 is 55.1 Å². The Balaban J connectivity index is 2.84. The van der Waals surface area contributed by atoms with E-state index in [1.165, 1.54) is 32.1 Å². The Bertz CT molecular complexity index is 843. The normalized spacial score (nSPS) is 13.3. The number of rotatable bonds is 17. The molecule has 4 N–H and O–H groups in total. The second-order valence-corrected chi connectivity index (χ2v) is 10.7. The van der Waals surface area contributed by atoms with Crippen molar-refractivity contribution < 1.29 is 40.9 Å². The summed E-state index contributed by atoms with van der Waals surface area (Å²) in [6.07, 6.45) is 9.95. The van der Waals surface area contributed by atoms with Crippen LogP contribution in [0.4, 0.5) is 0 Å². The maximum atomic E-state index is 11.8. The van der Waals surface area contributed by atoms with Crippen LogP contribution in [0.1, 0.15) is 76.7 Å². The third kappa shape index (κ3) is 10.6. The largest absolute Gasteiger partial charge is 0.488 e. The molecule has 0 heterocycles. The van der Waals surface area contributed by atoms with E-state index in [-0.39, 0.29) is 0 Å². The lowest BCUT2D eigenvalue weighted by atomic mass is 10.0. The molecule has 0 bridgehead atoms. The molecule has 1 unspecified atom stereocenters. The van der Waals surface area contributed by atoms with E-state index in [1.807, 2.05) is 0 Å². The molecule has 0 spiro atoms. The lowest BCUT2D eigenvalue weighted by Crippen LogP contribution is -2.23. The first-order valence-electron chi connectivity index (χ1n) is 11.0. The molecule has 0 aliphatic heterocycles. The predicted molar refractivity (Wildman–Crippen MR) is 120 cm³/mol. The first-order chi connectivity index (χ1) is 15.0. The third-order valence-electron chi connectivity index (χ3n) is 5.09. The fourth-order valence-corrected chi connectivity index (χ4v) is 4.82. The average molecular weight is 497 g/mol. The number of hydrogen-bond donors (Lipinski definition) is 4. The maximum absolute atomic E-state index is 11.8. The molecular formula is C21H36O9S2. The third-order valence-corrected chi connectivity index (χ3v) is 6.80. The topological polar surface area (TPSA) is 158 Å². The van der Waals surface area contributed by atoms with Crippen LogP contribution in [0.25, 0.3) is 0 Å². The number of ether oxygens (including phenoxy) is 1. The predicted octanol–water partition coefficient (Wildman–Crippen LogP) is 3.38. The summed E-state index contributed by atoms with van der Waals surface area (Å²) in [5, 5.41) is 18.3. The Morgan fingerprint density at radius 2 is 1.25 bits per heavy atom. The van der Waals surface area contributed by atoms with Gasteiger partial charge in [0.05, 0.1) is 6.61 Å². The molecule has 0 saturated carbocycles. The van der Waals surface area contributed by atoms with Gasteiger partial charge in [-0.3, -0.25) is 9.11 Å². The van der Waals surface area contributed by atoms with Crippen molar-refractivity contribution in [1.29, 1.82) is 0 Å². The smallest absolute Gasteiger partial charge is 0.298 e. The Hall–Kier alpha value is -1.24. The minimum Gasteiger partial charge on any atom is -0.488 e. The van der Waals surface area contributed by atoms with E-state index in [9.17, 15) is 31.0 Å². The van der Waals surface area contributed by atoms with Gasteiger partial charge < -0.3 is 14.9 Å². The Morgan fingerprint density at radius 3 is 1.66 bits per heavy atom. The van der Waals surface area contributed by atoms with E-state index in [1.54, 1.807) is 0 Å². The molecule has 9 nitrogen and oxygen atoms in total. The maximum Gasteiger partial charge on any atom is 0.298 e. The molecule has 0 aromatic heterocycles. The van der Waals surface area contributed by atoms with Crippen LogP contribution in [0.15, 0.2) is 21.9 Å². The number of unbranched alkanes of at least 4 members (excludes halogenated alkanes) is 9. The van der Waals surface area contributed by atoms with Crippen molar-refractivity contribution in [3.63, 3.8) is 0 Å². The lowest BCUT2D eigenvalue weighted by Gasteiger charge is -2.16. The molecule has 0 aliphatic carbocycles. The number of aliphatic hydroxyl groups excluding tert-OH is 2. The number of aliphatic hydroxyl groups is 2. The van der Waals surface area contributed by atoms with Crippen LogP contribution in [-0.2, 0) is 26.7 Å². The van der Waals surface area contributed by atoms with Gasteiger partial charge in [-0.05, 0) is 30.5 Å². The van der Waals surface area contributed by atoms with Crippen LogP contribution in [0.3, 0.4) is 0 Å². The van der Waals surface area contributed by atoms with Crippen LogP contribution >= 0.6 is 0 Å². The quantitative estimate of drug-likeness (QED) is 0.187. The van der Waals surface area contributed by atoms with E-state index in [0.717, 1.165) is 37.8 Å². The van der Waals surface area contributed by atoms with Gasteiger partial charge in [0, 0.05) is 0 Å². The van der Waals surface area contributed by atoms with Gasteiger partial charge in [-0.25, -0.2) is 0 Å². The summed E-state index contributed by atoms with van der Waals surface area (Å²) in [6, 6.07) is 2.19. The molecule has 1 rings (SSSR count). The summed E-state index contributed by atoms with van der Waals surface area (Å²) in [6.45, 7) is 0.832. The SMILES string of the molecule is CCCCCCCCCCCCc1cc(S(=O)(=O)O)c(OCC(O)CO)c(S(=O)(=O)O)c1. The first-order valence-corrected chi connectivity index (χ1v) is 13.9. The average Bonchev–Trinajstić information content (AvgIpc) is 2.71. The fraction of sp³-hybridized carbons (Fsp3) is 0.714. The van der Waals surface area contributed by atoms with Gasteiger partial charge in [-0.1, -0.05) is 64.7 Å². The molecule has 0 radical (unpaired) electrons. The Morgan fingerprint density at radius 1 is 0.812 bits per heavy atom. The van der Waals surface area contributed by atoms with Crippen molar-refractivity contribution in [2.75, 3.05) is 13.2 Å². The van der Waals surface area contributed by atoms with Gasteiger partial charge >= 0.3 is 0 Å². The van der Waals surface area contributed by atoms with E-state index >= 15 is 0 Å². The van der Waals surface area contributed by atoms with E-state index in [4.69, 9.17) is 9.84 Å². The molecule has 0 amide bonds. The van der Waals surface area contributed by atoms with Crippen LogP contribution in [-0.4, -0.2) is 55.5 Å².